The Morgan fingerprint density at radius 3 is 2.44 bits per heavy atom. The molecule has 0 aliphatic heterocycles. The van der Waals surface area contributed by atoms with Gasteiger partial charge in [0, 0.05) is 11.0 Å². The van der Waals surface area contributed by atoms with Gasteiger partial charge >= 0.3 is 0 Å². The molecule has 0 atom stereocenters. The van der Waals surface area contributed by atoms with Gasteiger partial charge in [0.25, 0.3) is 0 Å². The molecular formula is C13H11BrFN. The van der Waals surface area contributed by atoms with Crippen LogP contribution in [-0.2, 0) is 6.54 Å². The minimum Gasteiger partial charge on any atom is -0.378 e. The fourth-order valence-corrected chi connectivity index (χ4v) is 1.94. The molecule has 0 radical (unpaired) electrons. The molecule has 0 unspecified atom stereocenters. The summed E-state index contributed by atoms with van der Waals surface area (Å²) >= 11 is 3.32. The molecule has 0 fully saturated rings. The number of benzene rings is 2. The quantitative estimate of drug-likeness (QED) is 0.888. The van der Waals surface area contributed by atoms with Gasteiger partial charge in [-0.2, -0.15) is 0 Å². The molecule has 0 saturated carbocycles. The van der Waals surface area contributed by atoms with Crippen molar-refractivity contribution in [2.75, 3.05) is 5.32 Å². The molecule has 0 aliphatic carbocycles. The lowest BCUT2D eigenvalue weighted by Gasteiger charge is -2.09. The van der Waals surface area contributed by atoms with E-state index in [2.05, 4.69) is 21.2 Å². The van der Waals surface area contributed by atoms with Crippen molar-refractivity contribution < 1.29 is 4.39 Å². The Morgan fingerprint density at radius 2 is 1.75 bits per heavy atom. The SMILES string of the molecule is Fc1cccc(Br)c1NCc1ccccc1. The summed E-state index contributed by atoms with van der Waals surface area (Å²) in [5.74, 6) is -0.245. The number of hydrogen-bond donors (Lipinski definition) is 1. The first-order valence-electron chi connectivity index (χ1n) is 4.99. The van der Waals surface area contributed by atoms with Crippen LogP contribution in [0.4, 0.5) is 10.1 Å². The Morgan fingerprint density at radius 1 is 1.00 bits per heavy atom. The van der Waals surface area contributed by atoms with Crippen LogP contribution in [0.25, 0.3) is 0 Å². The molecule has 0 saturated heterocycles. The second-order valence-electron chi connectivity index (χ2n) is 3.44. The fourth-order valence-electron chi connectivity index (χ4n) is 1.45. The van der Waals surface area contributed by atoms with Crippen LogP contribution in [-0.4, -0.2) is 0 Å². The highest BCUT2D eigenvalue weighted by atomic mass is 79.9. The first kappa shape index (κ1) is 11.1. The summed E-state index contributed by atoms with van der Waals surface area (Å²) < 4.78 is 14.2. The molecular weight excluding hydrogens is 269 g/mol. The average molecular weight is 280 g/mol. The smallest absolute Gasteiger partial charge is 0.147 e. The van der Waals surface area contributed by atoms with Gasteiger partial charge in [-0.25, -0.2) is 4.39 Å². The average Bonchev–Trinajstić information content (AvgIpc) is 2.30. The molecule has 2 aromatic carbocycles. The van der Waals surface area contributed by atoms with E-state index in [1.165, 1.54) is 6.07 Å². The van der Waals surface area contributed by atoms with E-state index in [4.69, 9.17) is 0 Å². The van der Waals surface area contributed by atoms with Crippen molar-refractivity contribution in [2.24, 2.45) is 0 Å². The van der Waals surface area contributed by atoms with E-state index in [0.717, 1.165) is 10.0 Å². The maximum Gasteiger partial charge on any atom is 0.147 e. The van der Waals surface area contributed by atoms with Crippen molar-refractivity contribution in [3.8, 4) is 0 Å². The summed E-state index contributed by atoms with van der Waals surface area (Å²) in [6, 6.07) is 14.8. The van der Waals surface area contributed by atoms with Crippen LogP contribution in [0.5, 0.6) is 0 Å². The van der Waals surface area contributed by atoms with Gasteiger partial charge in [-0.1, -0.05) is 36.4 Å². The van der Waals surface area contributed by atoms with Crippen LogP contribution in [0.15, 0.2) is 53.0 Å². The molecule has 0 heterocycles. The Balaban J connectivity index is 2.11. The monoisotopic (exact) mass is 279 g/mol. The van der Waals surface area contributed by atoms with E-state index < -0.39 is 0 Å². The molecule has 0 bridgehead atoms. The van der Waals surface area contributed by atoms with Gasteiger partial charge in [0.15, 0.2) is 0 Å². The standard InChI is InChI=1S/C13H11BrFN/c14-11-7-4-8-12(15)13(11)16-9-10-5-2-1-3-6-10/h1-8,16H,9H2. The zero-order valence-corrected chi connectivity index (χ0v) is 10.2. The van der Waals surface area contributed by atoms with Crippen molar-refractivity contribution in [1.29, 1.82) is 0 Å². The highest BCUT2D eigenvalue weighted by Crippen LogP contribution is 2.25. The minimum absolute atomic E-state index is 0.245. The number of para-hydroxylation sites is 1. The summed E-state index contributed by atoms with van der Waals surface area (Å²) in [5, 5.41) is 3.08. The Labute approximate surface area is 102 Å². The van der Waals surface area contributed by atoms with Crippen LogP contribution in [0.2, 0.25) is 0 Å². The van der Waals surface area contributed by atoms with Crippen molar-refractivity contribution in [1.82, 2.24) is 0 Å². The summed E-state index contributed by atoms with van der Waals surface area (Å²) in [6.45, 7) is 0.611. The zero-order valence-electron chi connectivity index (χ0n) is 8.58. The zero-order chi connectivity index (χ0) is 11.4. The van der Waals surface area contributed by atoms with E-state index in [0.29, 0.717) is 12.2 Å². The van der Waals surface area contributed by atoms with Crippen LogP contribution < -0.4 is 5.32 Å². The molecule has 1 N–H and O–H groups in total. The van der Waals surface area contributed by atoms with Crippen molar-refractivity contribution in [3.05, 3.63) is 64.4 Å². The summed E-state index contributed by atoms with van der Waals surface area (Å²) in [4.78, 5) is 0. The third-order valence-electron chi connectivity index (χ3n) is 2.27. The lowest BCUT2D eigenvalue weighted by Crippen LogP contribution is -2.01. The predicted octanol–water partition coefficient (Wildman–Crippen LogP) is 4.20. The molecule has 0 spiro atoms. The van der Waals surface area contributed by atoms with Gasteiger partial charge in [0.1, 0.15) is 5.82 Å². The third kappa shape index (κ3) is 2.61. The van der Waals surface area contributed by atoms with E-state index >= 15 is 0 Å². The predicted molar refractivity (Wildman–Crippen MR) is 67.9 cm³/mol. The largest absolute Gasteiger partial charge is 0.378 e. The van der Waals surface area contributed by atoms with Gasteiger partial charge in [0.2, 0.25) is 0 Å². The van der Waals surface area contributed by atoms with Gasteiger partial charge in [0.05, 0.1) is 5.69 Å². The number of nitrogens with one attached hydrogen (secondary N) is 1. The highest BCUT2D eigenvalue weighted by Gasteiger charge is 2.04. The maximum absolute atomic E-state index is 13.5. The van der Waals surface area contributed by atoms with Gasteiger partial charge in [-0.05, 0) is 33.6 Å². The maximum atomic E-state index is 13.5. The Hall–Kier alpha value is -1.35. The molecule has 0 aromatic heterocycles. The van der Waals surface area contributed by atoms with E-state index in [1.807, 2.05) is 36.4 Å². The first-order valence-corrected chi connectivity index (χ1v) is 5.78. The summed E-state index contributed by atoms with van der Waals surface area (Å²) in [7, 11) is 0. The second kappa shape index (κ2) is 5.12. The lowest BCUT2D eigenvalue weighted by atomic mass is 10.2. The second-order valence-corrected chi connectivity index (χ2v) is 4.29. The number of hydrogen-bond acceptors (Lipinski definition) is 1. The fraction of sp³-hybridized carbons (Fsp3) is 0.0769. The first-order chi connectivity index (χ1) is 7.77. The van der Waals surface area contributed by atoms with Crippen LogP contribution >= 0.6 is 15.9 Å². The third-order valence-corrected chi connectivity index (χ3v) is 2.94. The van der Waals surface area contributed by atoms with Crippen molar-refractivity contribution in [3.63, 3.8) is 0 Å². The number of halogens is 2. The molecule has 0 aliphatic rings. The van der Waals surface area contributed by atoms with Crippen LogP contribution in [0.1, 0.15) is 5.56 Å². The molecule has 3 heteroatoms. The van der Waals surface area contributed by atoms with Gasteiger partial charge in [-0.3, -0.25) is 0 Å². The van der Waals surface area contributed by atoms with Gasteiger partial charge in [-0.15, -0.1) is 0 Å². The molecule has 16 heavy (non-hydrogen) atoms. The Bertz CT molecular complexity index is 450. The summed E-state index contributed by atoms with van der Waals surface area (Å²) in [5.41, 5.74) is 1.63. The number of anilines is 1. The van der Waals surface area contributed by atoms with E-state index in [-0.39, 0.29) is 5.82 Å². The minimum atomic E-state index is -0.245. The molecule has 1 nitrogen and oxygen atoms in total. The molecule has 2 rings (SSSR count). The number of rotatable bonds is 3. The normalized spacial score (nSPS) is 10.1. The van der Waals surface area contributed by atoms with Crippen molar-refractivity contribution >= 4 is 21.6 Å². The van der Waals surface area contributed by atoms with E-state index in [9.17, 15) is 4.39 Å². The molecule has 2 aromatic rings. The molecule has 0 amide bonds. The van der Waals surface area contributed by atoms with Crippen LogP contribution in [0, 0.1) is 5.82 Å². The van der Waals surface area contributed by atoms with Gasteiger partial charge < -0.3 is 5.32 Å². The van der Waals surface area contributed by atoms with E-state index in [1.54, 1.807) is 6.07 Å². The lowest BCUT2D eigenvalue weighted by molar-refractivity contribution is 0.629. The topological polar surface area (TPSA) is 12.0 Å². The van der Waals surface area contributed by atoms with Crippen LogP contribution in [0.3, 0.4) is 0 Å². The Kier molecular flexibility index (Phi) is 3.57. The van der Waals surface area contributed by atoms with Crippen molar-refractivity contribution in [2.45, 2.75) is 6.54 Å². The summed E-state index contributed by atoms with van der Waals surface area (Å²) in [6.07, 6.45) is 0. The molecule has 82 valence electrons. The highest BCUT2D eigenvalue weighted by molar-refractivity contribution is 9.10.